The monoisotopic (exact) mass is 380 g/mol. The van der Waals surface area contributed by atoms with Gasteiger partial charge in [0.1, 0.15) is 11.9 Å². The zero-order valence-corrected chi connectivity index (χ0v) is 15.3. The standard InChI is InChI=1S/C21H21FN4O2/c22-21-16-5-1-4-13(24-16)10-19(21)28-20-7-6-15(25-26-20)14-11-17-12(9-18(14)27)3-2-8-23-17/h2-3,6-9,11,13,16,19,21,24,27H,1,4-5,10H2/t13-,16+,19-,21+/m1/s1. The van der Waals surface area contributed by atoms with Crippen molar-refractivity contribution in [1.29, 1.82) is 0 Å². The number of hydrogen-bond donors (Lipinski definition) is 2. The fraction of sp³-hybridized carbons (Fsp3) is 0.381. The smallest absolute Gasteiger partial charge is 0.233 e. The summed E-state index contributed by atoms with van der Waals surface area (Å²) in [5.41, 5.74) is 1.82. The maximum atomic E-state index is 14.7. The van der Waals surface area contributed by atoms with Gasteiger partial charge in [-0.15, -0.1) is 10.2 Å². The summed E-state index contributed by atoms with van der Waals surface area (Å²) in [4.78, 5) is 4.31. The van der Waals surface area contributed by atoms with Gasteiger partial charge >= 0.3 is 0 Å². The van der Waals surface area contributed by atoms with Gasteiger partial charge in [0.25, 0.3) is 0 Å². The van der Waals surface area contributed by atoms with Crippen LogP contribution in [0.2, 0.25) is 0 Å². The van der Waals surface area contributed by atoms with E-state index in [1.54, 1.807) is 30.5 Å². The number of nitrogens with one attached hydrogen (secondary N) is 1. The minimum atomic E-state index is -1.05. The third-order valence-electron chi connectivity index (χ3n) is 5.68. The van der Waals surface area contributed by atoms with Gasteiger partial charge in [0.05, 0.1) is 11.2 Å². The van der Waals surface area contributed by atoms with Crippen LogP contribution in [-0.2, 0) is 0 Å². The largest absolute Gasteiger partial charge is 0.507 e. The van der Waals surface area contributed by atoms with Crippen LogP contribution in [0.1, 0.15) is 25.7 Å². The van der Waals surface area contributed by atoms with Crippen molar-refractivity contribution < 1.29 is 14.2 Å². The summed E-state index contributed by atoms with van der Waals surface area (Å²) in [5.74, 6) is 0.410. The number of phenolic OH excluding ortho intramolecular Hbond substituents is 1. The molecule has 1 aromatic carbocycles. The Morgan fingerprint density at radius 1 is 1.14 bits per heavy atom. The molecule has 2 N–H and O–H groups in total. The molecule has 4 heterocycles. The van der Waals surface area contributed by atoms with Crippen LogP contribution in [0.4, 0.5) is 4.39 Å². The molecule has 0 spiro atoms. The number of halogens is 1. The molecule has 0 unspecified atom stereocenters. The molecule has 144 valence electrons. The number of hydrogen-bond acceptors (Lipinski definition) is 6. The topological polar surface area (TPSA) is 80.2 Å². The molecule has 2 fully saturated rings. The second-order valence-electron chi connectivity index (χ2n) is 7.56. The predicted molar refractivity (Wildman–Crippen MR) is 103 cm³/mol. The van der Waals surface area contributed by atoms with Crippen LogP contribution in [0.25, 0.3) is 22.2 Å². The number of ether oxygens (including phenoxy) is 1. The lowest BCUT2D eigenvalue weighted by Gasteiger charge is -2.42. The molecule has 3 aromatic rings. The first-order valence-electron chi connectivity index (χ1n) is 9.66. The highest BCUT2D eigenvalue weighted by atomic mass is 19.1. The minimum Gasteiger partial charge on any atom is -0.507 e. The molecule has 6 nitrogen and oxygen atoms in total. The molecule has 0 amide bonds. The fourth-order valence-corrected chi connectivity index (χ4v) is 4.27. The zero-order valence-electron chi connectivity index (χ0n) is 15.3. The molecule has 0 aliphatic carbocycles. The van der Waals surface area contributed by atoms with Gasteiger partial charge in [-0.1, -0.05) is 12.5 Å². The van der Waals surface area contributed by atoms with Crippen LogP contribution in [0, 0.1) is 0 Å². The van der Waals surface area contributed by atoms with Gasteiger partial charge in [0.15, 0.2) is 6.17 Å². The summed E-state index contributed by atoms with van der Waals surface area (Å²) in [5, 5.41) is 22.8. The third kappa shape index (κ3) is 3.16. The Morgan fingerprint density at radius 3 is 2.93 bits per heavy atom. The van der Waals surface area contributed by atoms with E-state index in [9.17, 15) is 9.50 Å². The molecular formula is C21H21FN4O2. The molecule has 0 saturated carbocycles. The fourth-order valence-electron chi connectivity index (χ4n) is 4.27. The maximum absolute atomic E-state index is 14.7. The molecule has 2 aliphatic heterocycles. The van der Waals surface area contributed by atoms with Crippen LogP contribution in [0.3, 0.4) is 0 Å². The van der Waals surface area contributed by atoms with E-state index in [-0.39, 0.29) is 11.8 Å². The van der Waals surface area contributed by atoms with Crippen LogP contribution in [0.15, 0.2) is 42.6 Å². The van der Waals surface area contributed by atoms with Gasteiger partial charge < -0.3 is 15.2 Å². The molecule has 2 bridgehead atoms. The molecule has 2 aliphatic rings. The summed E-state index contributed by atoms with van der Waals surface area (Å²) >= 11 is 0. The average Bonchev–Trinajstić information content (AvgIpc) is 2.72. The van der Waals surface area contributed by atoms with E-state index < -0.39 is 12.3 Å². The molecule has 7 heteroatoms. The molecular weight excluding hydrogens is 359 g/mol. The normalized spacial score (nSPS) is 26.9. The van der Waals surface area contributed by atoms with Crippen molar-refractivity contribution in [3.8, 4) is 22.9 Å². The van der Waals surface area contributed by atoms with Gasteiger partial charge in [-0.25, -0.2) is 4.39 Å². The Balaban J connectivity index is 1.37. The molecule has 28 heavy (non-hydrogen) atoms. The number of aromatic nitrogens is 3. The number of pyridine rings is 1. The number of rotatable bonds is 3. The number of fused-ring (bicyclic) bond motifs is 3. The van der Waals surface area contributed by atoms with Crippen molar-refractivity contribution in [2.45, 2.75) is 50.0 Å². The lowest BCUT2D eigenvalue weighted by atomic mass is 9.84. The summed E-state index contributed by atoms with van der Waals surface area (Å²) in [6, 6.07) is 10.7. The molecule has 0 radical (unpaired) electrons. The van der Waals surface area contributed by atoms with Crippen LogP contribution >= 0.6 is 0 Å². The van der Waals surface area contributed by atoms with Gasteiger partial charge in [0, 0.05) is 41.7 Å². The van der Waals surface area contributed by atoms with Crippen LogP contribution < -0.4 is 10.1 Å². The van der Waals surface area contributed by atoms with Gasteiger partial charge in [0.2, 0.25) is 5.88 Å². The first-order valence-corrected chi connectivity index (χ1v) is 9.66. The lowest BCUT2D eigenvalue weighted by Crippen LogP contribution is -2.59. The lowest BCUT2D eigenvalue weighted by molar-refractivity contribution is 0.00652. The van der Waals surface area contributed by atoms with E-state index in [4.69, 9.17) is 4.74 Å². The summed E-state index contributed by atoms with van der Waals surface area (Å²) in [6.07, 6.45) is 3.75. The molecule has 2 aromatic heterocycles. The quantitative estimate of drug-likeness (QED) is 0.725. The second kappa shape index (κ2) is 6.98. The Kier molecular flexibility index (Phi) is 4.31. The highest BCUT2D eigenvalue weighted by Gasteiger charge is 2.41. The van der Waals surface area contributed by atoms with E-state index in [0.29, 0.717) is 29.6 Å². The summed E-state index contributed by atoms with van der Waals surface area (Å²) < 4.78 is 20.5. The number of alkyl halides is 1. The van der Waals surface area contributed by atoms with E-state index in [0.717, 1.165) is 30.2 Å². The van der Waals surface area contributed by atoms with E-state index in [1.165, 1.54) is 0 Å². The Morgan fingerprint density at radius 2 is 2.07 bits per heavy atom. The number of nitrogens with zero attached hydrogens (tertiary/aromatic N) is 3. The Hall–Kier alpha value is -2.80. The Labute approximate surface area is 161 Å². The van der Waals surface area contributed by atoms with Crippen molar-refractivity contribution in [1.82, 2.24) is 20.5 Å². The summed E-state index contributed by atoms with van der Waals surface area (Å²) in [7, 11) is 0. The first-order chi connectivity index (χ1) is 13.7. The van der Waals surface area contributed by atoms with Gasteiger partial charge in [-0.3, -0.25) is 4.98 Å². The van der Waals surface area contributed by atoms with Crippen molar-refractivity contribution >= 4 is 10.9 Å². The third-order valence-corrected chi connectivity index (χ3v) is 5.68. The minimum absolute atomic E-state index is 0.110. The number of aromatic hydroxyl groups is 1. The zero-order chi connectivity index (χ0) is 19.1. The summed E-state index contributed by atoms with van der Waals surface area (Å²) in [6.45, 7) is 0. The van der Waals surface area contributed by atoms with Crippen molar-refractivity contribution in [2.75, 3.05) is 0 Å². The van der Waals surface area contributed by atoms with Gasteiger partial charge in [-0.05, 0) is 37.1 Å². The highest BCUT2D eigenvalue weighted by Crippen LogP contribution is 2.33. The number of phenols is 1. The van der Waals surface area contributed by atoms with Crippen molar-refractivity contribution in [3.63, 3.8) is 0 Å². The Bertz CT molecular complexity index is 997. The van der Waals surface area contributed by atoms with E-state index in [1.807, 2.05) is 12.1 Å². The molecule has 4 atom stereocenters. The molecule has 5 rings (SSSR count). The SMILES string of the molecule is Oc1cc2cccnc2cc1-c1ccc(O[C@@H]2C[C@H]3CCC[C@H](N3)[C@@H]2F)nn1. The van der Waals surface area contributed by atoms with Crippen LogP contribution in [0.5, 0.6) is 11.6 Å². The van der Waals surface area contributed by atoms with Crippen molar-refractivity contribution in [2.24, 2.45) is 0 Å². The number of benzene rings is 1. The highest BCUT2D eigenvalue weighted by molar-refractivity contribution is 5.86. The molecule has 2 saturated heterocycles. The first kappa shape index (κ1) is 17.3. The van der Waals surface area contributed by atoms with Crippen molar-refractivity contribution in [3.05, 3.63) is 42.6 Å². The van der Waals surface area contributed by atoms with Gasteiger partial charge in [-0.2, -0.15) is 0 Å². The second-order valence-corrected chi connectivity index (χ2v) is 7.56. The predicted octanol–water partition coefficient (Wildman–Crippen LogP) is 3.40. The van der Waals surface area contributed by atoms with Crippen LogP contribution in [-0.4, -0.2) is 44.6 Å². The average molecular weight is 380 g/mol. The van der Waals surface area contributed by atoms with E-state index >= 15 is 0 Å². The van der Waals surface area contributed by atoms with E-state index in [2.05, 4.69) is 20.5 Å². The number of piperidine rings is 2. The maximum Gasteiger partial charge on any atom is 0.233 e.